The standard InChI is InChI=1S/C24H47NO/c1-2-3-4-5-6-7-8-9-10-11-12-13-14-15-16-17-18-19-21-24-25-22-20-23-26-24/h2-23H2,1H3. The maximum absolute atomic E-state index is 5.56. The van der Waals surface area contributed by atoms with Crippen molar-refractivity contribution in [1.82, 2.24) is 0 Å². The molecule has 26 heavy (non-hydrogen) atoms. The van der Waals surface area contributed by atoms with Crippen LogP contribution < -0.4 is 0 Å². The first-order valence-electron chi connectivity index (χ1n) is 12.1. The Kier molecular flexibility index (Phi) is 17.4. The van der Waals surface area contributed by atoms with E-state index in [1.54, 1.807) is 0 Å². The van der Waals surface area contributed by atoms with E-state index in [9.17, 15) is 0 Å². The van der Waals surface area contributed by atoms with E-state index in [0.717, 1.165) is 31.9 Å². The Labute approximate surface area is 164 Å². The van der Waals surface area contributed by atoms with Crippen LogP contribution in [0.5, 0.6) is 0 Å². The van der Waals surface area contributed by atoms with Crippen LogP contribution in [0.2, 0.25) is 0 Å². The zero-order valence-electron chi connectivity index (χ0n) is 17.9. The number of hydrogen-bond donors (Lipinski definition) is 0. The Morgan fingerprint density at radius 1 is 0.615 bits per heavy atom. The van der Waals surface area contributed by atoms with E-state index < -0.39 is 0 Å². The molecule has 0 aromatic carbocycles. The quantitative estimate of drug-likeness (QED) is 0.211. The van der Waals surface area contributed by atoms with Gasteiger partial charge in [-0.25, -0.2) is 0 Å². The Bertz CT molecular complexity index is 313. The lowest BCUT2D eigenvalue weighted by Gasteiger charge is -2.13. The molecule has 0 bridgehead atoms. The Morgan fingerprint density at radius 3 is 1.42 bits per heavy atom. The van der Waals surface area contributed by atoms with Crippen molar-refractivity contribution in [3.63, 3.8) is 0 Å². The zero-order valence-corrected chi connectivity index (χ0v) is 17.9. The van der Waals surface area contributed by atoms with Crippen LogP contribution >= 0.6 is 0 Å². The lowest BCUT2D eigenvalue weighted by Crippen LogP contribution is -2.13. The third-order valence-electron chi connectivity index (χ3n) is 5.60. The number of unbranched alkanes of at least 4 members (excludes halogenated alkanes) is 17. The summed E-state index contributed by atoms with van der Waals surface area (Å²) in [6.07, 6.45) is 28.0. The van der Waals surface area contributed by atoms with Crippen molar-refractivity contribution in [1.29, 1.82) is 0 Å². The molecule has 1 heterocycles. The van der Waals surface area contributed by atoms with Crippen LogP contribution in [0.3, 0.4) is 0 Å². The molecule has 0 spiro atoms. The molecule has 0 N–H and O–H groups in total. The van der Waals surface area contributed by atoms with E-state index in [1.807, 2.05) is 0 Å². The lowest BCUT2D eigenvalue weighted by molar-refractivity contribution is 0.272. The van der Waals surface area contributed by atoms with E-state index >= 15 is 0 Å². The molecule has 1 rings (SSSR count). The second-order valence-corrected chi connectivity index (χ2v) is 8.24. The van der Waals surface area contributed by atoms with Crippen molar-refractivity contribution >= 4 is 5.90 Å². The fraction of sp³-hybridized carbons (Fsp3) is 0.958. The molecule has 2 nitrogen and oxygen atoms in total. The van der Waals surface area contributed by atoms with Crippen molar-refractivity contribution in [3.05, 3.63) is 0 Å². The van der Waals surface area contributed by atoms with Gasteiger partial charge < -0.3 is 4.74 Å². The summed E-state index contributed by atoms with van der Waals surface area (Å²) in [5, 5.41) is 0. The SMILES string of the molecule is CCCCCCCCCCCCCCCCCCCCC1=NCCCO1. The van der Waals surface area contributed by atoms with Crippen molar-refractivity contribution < 1.29 is 4.74 Å². The minimum Gasteiger partial charge on any atom is -0.481 e. The van der Waals surface area contributed by atoms with Gasteiger partial charge >= 0.3 is 0 Å². The van der Waals surface area contributed by atoms with Gasteiger partial charge in [-0.05, 0) is 6.42 Å². The van der Waals surface area contributed by atoms with Gasteiger partial charge in [-0.3, -0.25) is 4.99 Å². The van der Waals surface area contributed by atoms with Gasteiger partial charge in [0.25, 0.3) is 0 Å². The average molecular weight is 366 g/mol. The van der Waals surface area contributed by atoms with Crippen molar-refractivity contribution in [2.45, 2.75) is 135 Å². The number of ether oxygens (including phenoxy) is 1. The maximum atomic E-state index is 5.56. The molecule has 1 aliphatic heterocycles. The highest BCUT2D eigenvalue weighted by molar-refractivity contribution is 5.76. The summed E-state index contributed by atoms with van der Waals surface area (Å²) in [5.41, 5.74) is 0. The molecule has 0 atom stereocenters. The van der Waals surface area contributed by atoms with Crippen LogP contribution in [0, 0.1) is 0 Å². The van der Waals surface area contributed by atoms with Crippen LogP contribution in [0.4, 0.5) is 0 Å². The van der Waals surface area contributed by atoms with Gasteiger partial charge in [0.1, 0.15) is 0 Å². The summed E-state index contributed by atoms with van der Waals surface area (Å²) >= 11 is 0. The van der Waals surface area contributed by atoms with Gasteiger partial charge in [0.05, 0.1) is 6.61 Å². The minimum absolute atomic E-state index is 0.887. The first kappa shape index (κ1) is 23.5. The van der Waals surface area contributed by atoms with Gasteiger partial charge in [0.15, 0.2) is 5.90 Å². The second kappa shape index (κ2) is 19.2. The van der Waals surface area contributed by atoms with Crippen LogP contribution in [-0.2, 0) is 4.74 Å². The Balaban J connectivity index is 1.66. The summed E-state index contributed by atoms with van der Waals surface area (Å²) in [7, 11) is 0. The van der Waals surface area contributed by atoms with Gasteiger partial charge in [0.2, 0.25) is 0 Å². The molecule has 0 aromatic rings. The molecular weight excluding hydrogens is 318 g/mol. The fourth-order valence-corrected chi connectivity index (χ4v) is 3.83. The smallest absolute Gasteiger partial charge is 0.183 e. The summed E-state index contributed by atoms with van der Waals surface area (Å²) in [6.45, 7) is 4.16. The summed E-state index contributed by atoms with van der Waals surface area (Å²) in [5.74, 6) is 1.02. The van der Waals surface area contributed by atoms with Gasteiger partial charge in [-0.15, -0.1) is 0 Å². The van der Waals surface area contributed by atoms with Crippen LogP contribution in [0.25, 0.3) is 0 Å². The summed E-state index contributed by atoms with van der Waals surface area (Å²) in [4.78, 5) is 4.44. The van der Waals surface area contributed by atoms with Crippen molar-refractivity contribution in [2.75, 3.05) is 13.2 Å². The largest absolute Gasteiger partial charge is 0.481 e. The topological polar surface area (TPSA) is 21.6 Å². The number of nitrogens with zero attached hydrogens (tertiary/aromatic N) is 1. The third kappa shape index (κ3) is 15.7. The minimum atomic E-state index is 0.887. The zero-order chi connectivity index (χ0) is 18.5. The Morgan fingerprint density at radius 2 is 1.04 bits per heavy atom. The van der Waals surface area contributed by atoms with Crippen LogP contribution in [-0.4, -0.2) is 19.0 Å². The lowest BCUT2D eigenvalue weighted by atomic mass is 10.0. The summed E-state index contributed by atoms with van der Waals surface area (Å²) in [6, 6.07) is 0. The molecule has 0 amide bonds. The molecule has 0 aliphatic carbocycles. The van der Waals surface area contributed by atoms with E-state index in [-0.39, 0.29) is 0 Å². The maximum Gasteiger partial charge on any atom is 0.183 e. The molecule has 0 fully saturated rings. The number of hydrogen-bond acceptors (Lipinski definition) is 2. The van der Waals surface area contributed by atoms with E-state index in [4.69, 9.17) is 4.74 Å². The first-order chi connectivity index (χ1) is 12.9. The van der Waals surface area contributed by atoms with Gasteiger partial charge in [0, 0.05) is 19.4 Å². The van der Waals surface area contributed by atoms with Gasteiger partial charge in [-0.2, -0.15) is 0 Å². The average Bonchev–Trinajstić information content (AvgIpc) is 2.68. The highest BCUT2D eigenvalue weighted by Gasteiger charge is 2.04. The number of aliphatic imine (C=N–C) groups is 1. The molecule has 0 aromatic heterocycles. The van der Waals surface area contributed by atoms with Gasteiger partial charge in [-0.1, -0.05) is 116 Å². The van der Waals surface area contributed by atoms with Crippen LogP contribution in [0.1, 0.15) is 135 Å². The highest BCUT2D eigenvalue weighted by atomic mass is 16.5. The number of rotatable bonds is 19. The monoisotopic (exact) mass is 365 g/mol. The third-order valence-corrected chi connectivity index (χ3v) is 5.60. The van der Waals surface area contributed by atoms with Crippen LogP contribution in [0.15, 0.2) is 4.99 Å². The second-order valence-electron chi connectivity index (χ2n) is 8.24. The predicted molar refractivity (Wildman–Crippen MR) is 116 cm³/mol. The molecule has 0 saturated carbocycles. The molecule has 0 saturated heterocycles. The normalized spacial score (nSPS) is 14.3. The van der Waals surface area contributed by atoms with Crippen molar-refractivity contribution in [3.8, 4) is 0 Å². The van der Waals surface area contributed by atoms with E-state index in [2.05, 4.69) is 11.9 Å². The summed E-state index contributed by atoms with van der Waals surface area (Å²) < 4.78 is 5.56. The first-order valence-corrected chi connectivity index (χ1v) is 12.1. The fourth-order valence-electron chi connectivity index (χ4n) is 3.83. The molecule has 0 unspecified atom stereocenters. The Hall–Kier alpha value is -0.530. The van der Waals surface area contributed by atoms with E-state index in [1.165, 1.54) is 116 Å². The molecule has 2 heteroatoms. The molecular formula is C24H47NO. The van der Waals surface area contributed by atoms with Crippen molar-refractivity contribution in [2.24, 2.45) is 4.99 Å². The molecule has 154 valence electrons. The molecule has 1 aliphatic rings. The van der Waals surface area contributed by atoms with E-state index in [0.29, 0.717) is 0 Å². The highest BCUT2D eigenvalue weighted by Crippen LogP contribution is 2.15. The predicted octanol–water partition coefficient (Wildman–Crippen LogP) is 8.24. The molecule has 0 radical (unpaired) electrons.